The lowest BCUT2D eigenvalue weighted by atomic mass is 9.76. The molecule has 0 N–H and O–H groups in total. The van der Waals surface area contributed by atoms with Gasteiger partial charge in [0.2, 0.25) is 0 Å². The van der Waals surface area contributed by atoms with Gasteiger partial charge in [0.25, 0.3) is 0 Å². The minimum absolute atomic E-state index is 0.0368. The van der Waals surface area contributed by atoms with E-state index in [0.29, 0.717) is 52.7 Å². The smallest absolute Gasteiger partial charge is 0.306 e. The van der Waals surface area contributed by atoms with Gasteiger partial charge < -0.3 is 23.7 Å². The van der Waals surface area contributed by atoms with Crippen LogP contribution >= 0.6 is 0 Å². The summed E-state index contributed by atoms with van der Waals surface area (Å²) >= 11 is 0. The second-order valence-corrected chi connectivity index (χ2v) is 9.95. The lowest BCUT2D eigenvalue weighted by Crippen LogP contribution is -2.48. The second kappa shape index (κ2) is 11.4. The molecule has 0 saturated carbocycles. The normalized spacial score (nSPS) is 17.2. The van der Waals surface area contributed by atoms with E-state index in [1.54, 1.807) is 0 Å². The second-order valence-electron chi connectivity index (χ2n) is 9.95. The summed E-state index contributed by atoms with van der Waals surface area (Å²) in [7, 11) is 0. The molecule has 0 radical (unpaired) electrons. The van der Waals surface area contributed by atoms with E-state index in [1.807, 2.05) is 61.5 Å². The van der Waals surface area contributed by atoms with E-state index >= 15 is 0 Å². The molecular weight excluding hydrogens is 468 g/mol. The molecule has 0 atom stereocenters. The van der Waals surface area contributed by atoms with Crippen LogP contribution in [0.1, 0.15) is 36.5 Å². The van der Waals surface area contributed by atoms with Gasteiger partial charge in [0.1, 0.15) is 18.1 Å². The average molecular weight is 503 g/mol. The van der Waals surface area contributed by atoms with Crippen LogP contribution in [0.2, 0.25) is 0 Å². The summed E-state index contributed by atoms with van der Waals surface area (Å²) in [5, 5.41) is 0. The van der Waals surface area contributed by atoms with Crippen molar-refractivity contribution >= 4 is 5.97 Å². The Balaban J connectivity index is 1.14. The largest absolute Gasteiger partial charge is 0.494 e. The van der Waals surface area contributed by atoms with Gasteiger partial charge >= 0.3 is 5.97 Å². The first-order valence-corrected chi connectivity index (χ1v) is 12.9. The van der Waals surface area contributed by atoms with E-state index < -0.39 is 0 Å². The number of ether oxygens (including phenoxy) is 5. The molecule has 6 nitrogen and oxygen atoms in total. The van der Waals surface area contributed by atoms with Crippen LogP contribution in [0.15, 0.2) is 78.9 Å². The summed E-state index contributed by atoms with van der Waals surface area (Å²) in [4.78, 5) is 12.1. The van der Waals surface area contributed by atoms with E-state index in [1.165, 1.54) is 5.56 Å². The van der Waals surface area contributed by atoms with Gasteiger partial charge in [-0.3, -0.25) is 4.79 Å². The van der Waals surface area contributed by atoms with Crippen molar-refractivity contribution in [2.24, 2.45) is 0 Å². The Kier molecular flexibility index (Phi) is 7.77. The highest BCUT2D eigenvalue weighted by atomic mass is 16.5. The third-order valence-electron chi connectivity index (χ3n) is 7.33. The van der Waals surface area contributed by atoms with Gasteiger partial charge in [-0.05, 0) is 54.3 Å². The standard InChI is InChI=1S/C31H34O6/c1-2-35-29(32)18-31(22-34-23-31)26-10-12-27(13-11-26)36-17-16-30(20-33-21-30)25-8-14-28(15-9-25)37-19-24-6-4-3-5-7-24/h3-15H,2,16-23H2,1H3. The van der Waals surface area contributed by atoms with Crippen molar-refractivity contribution in [1.29, 1.82) is 0 Å². The Labute approximate surface area is 218 Å². The predicted octanol–water partition coefficient (Wildman–Crippen LogP) is 5.22. The van der Waals surface area contributed by atoms with Gasteiger partial charge in [-0.1, -0.05) is 54.6 Å². The van der Waals surface area contributed by atoms with Gasteiger partial charge in [-0.25, -0.2) is 0 Å². The summed E-state index contributed by atoms with van der Waals surface area (Å²) in [6.45, 7) is 5.80. The van der Waals surface area contributed by atoms with Crippen molar-refractivity contribution in [3.8, 4) is 11.5 Å². The van der Waals surface area contributed by atoms with E-state index in [9.17, 15) is 4.79 Å². The molecule has 2 saturated heterocycles. The maximum absolute atomic E-state index is 12.1. The van der Waals surface area contributed by atoms with Crippen LogP contribution in [-0.2, 0) is 36.4 Å². The van der Waals surface area contributed by atoms with E-state index in [2.05, 4.69) is 24.3 Å². The van der Waals surface area contributed by atoms with Crippen LogP contribution in [0.25, 0.3) is 0 Å². The Morgan fingerprint density at radius 1 is 0.757 bits per heavy atom. The number of hydrogen-bond donors (Lipinski definition) is 0. The molecule has 6 heteroatoms. The SMILES string of the molecule is CCOC(=O)CC1(c2ccc(OCCC3(c4ccc(OCc5ccccc5)cc4)COC3)cc2)COC1. The van der Waals surface area contributed by atoms with Gasteiger partial charge in [-0.2, -0.15) is 0 Å². The van der Waals surface area contributed by atoms with Crippen molar-refractivity contribution in [2.75, 3.05) is 39.6 Å². The number of benzene rings is 3. The molecule has 0 aliphatic carbocycles. The maximum atomic E-state index is 12.1. The van der Waals surface area contributed by atoms with Crippen LogP contribution in [0.3, 0.4) is 0 Å². The molecule has 2 aliphatic heterocycles. The van der Waals surface area contributed by atoms with E-state index in [4.69, 9.17) is 23.7 Å². The van der Waals surface area contributed by atoms with E-state index in [-0.39, 0.29) is 16.8 Å². The van der Waals surface area contributed by atoms with Crippen molar-refractivity contribution in [3.63, 3.8) is 0 Å². The number of rotatable bonds is 12. The van der Waals surface area contributed by atoms with Crippen molar-refractivity contribution < 1.29 is 28.5 Å². The van der Waals surface area contributed by atoms with Gasteiger partial charge in [0.15, 0.2) is 0 Å². The van der Waals surface area contributed by atoms with Crippen LogP contribution < -0.4 is 9.47 Å². The minimum atomic E-state index is -0.297. The Morgan fingerprint density at radius 2 is 1.32 bits per heavy atom. The highest BCUT2D eigenvalue weighted by Crippen LogP contribution is 2.38. The van der Waals surface area contributed by atoms with Crippen molar-refractivity contribution in [3.05, 3.63) is 95.6 Å². The molecule has 194 valence electrons. The van der Waals surface area contributed by atoms with Crippen LogP contribution in [0.4, 0.5) is 0 Å². The quantitative estimate of drug-likeness (QED) is 0.316. The highest BCUT2D eigenvalue weighted by Gasteiger charge is 2.43. The summed E-state index contributed by atoms with van der Waals surface area (Å²) < 4.78 is 28.3. The molecule has 0 unspecified atom stereocenters. The molecule has 0 spiro atoms. The lowest BCUT2D eigenvalue weighted by Gasteiger charge is -2.42. The Morgan fingerprint density at radius 3 is 1.86 bits per heavy atom. The first-order valence-electron chi connectivity index (χ1n) is 12.9. The fourth-order valence-electron chi connectivity index (χ4n) is 4.93. The molecule has 0 bridgehead atoms. The first-order chi connectivity index (χ1) is 18.1. The van der Waals surface area contributed by atoms with Gasteiger partial charge in [0.05, 0.1) is 51.5 Å². The third kappa shape index (κ3) is 5.81. The first kappa shape index (κ1) is 25.3. The van der Waals surface area contributed by atoms with Crippen molar-refractivity contribution in [1.82, 2.24) is 0 Å². The highest BCUT2D eigenvalue weighted by molar-refractivity contribution is 5.72. The van der Waals surface area contributed by atoms with Crippen LogP contribution in [-0.4, -0.2) is 45.6 Å². The molecule has 37 heavy (non-hydrogen) atoms. The lowest BCUT2D eigenvalue weighted by molar-refractivity contribution is -0.151. The topological polar surface area (TPSA) is 63.2 Å². The predicted molar refractivity (Wildman–Crippen MR) is 140 cm³/mol. The molecule has 2 heterocycles. The molecule has 2 fully saturated rings. The molecule has 3 aromatic carbocycles. The zero-order valence-electron chi connectivity index (χ0n) is 21.3. The zero-order chi connectivity index (χ0) is 25.6. The summed E-state index contributed by atoms with van der Waals surface area (Å²) in [6, 6.07) is 26.5. The van der Waals surface area contributed by atoms with Gasteiger partial charge in [-0.15, -0.1) is 0 Å². The number of carbonyl (C=O) groups is 1. The fourth-order valence-corrected chi connectivity index (χ4v) is 4.93. The average Bonchev–Trinajstić information content (AvgIpc) is 2.88. The van der Waals surface area contributed by atoms with Gasteiger partial charge in [0, 0.05) is 5.41 Å². The minimum Gasteiger partial charge on any atom is -0.494 e. The molecule has 0 amide bonds. The monoisotopic (exact) mass is 502 g/mol. The molecule has 2 aliphatic rings. The summed E-state index contributed by atoms with van der Waals surface area (Å²) in [5.74, 6) is 1.49. The number of esters is 1. The molecule has 5 rings (SSSR count). The van der Waals surface area contributed by atoms with E-state index in [0.717, 1.165) is 29.0 Å². The van der Waals surface area contributed by atoms with Crippen LogP contribution in [0.5, 0.6) is 11.5 Å². The molecular formula is C31H34O6. The maximum Gasteiger partial charge on any atom is 0.306 e. The Hall–Kier alpha value is -3.35. The summed E-state index contributed by atoms with van der Waals surface area (Å²) in [5.41, 5.74) is 3.14. The molecule has 0 aromatic heterocycles. The van der Waals surface area contributed by atoms with Crippen molar-refractivity contribution in [2.45, 2.75) is 37.2 Å². The summed E-state index contributed by atoms with van der Waals surface area (Å²) in [6.07, 6.45) is 1.19. The molecule has 3 aromatic rings. The third-order valence-corrected chi connectivity index (χ3v) is 7.33. The zero-order valence-corrected chi connectivity index (χ0v) is 21.3. The Bertz CT molecular complexity index is 1150. The number of carbonyl (C=O) groups excluding carboxylic acids is 1. The van der Waals surface area contributed by atoms with Crippen LogP contribution in [0, 0.1) is 0 Å². The fraction of sp³-hybridized carbons (Fsp3) is 0.387. The number of hydrogen-bond acceptors (Lipinski definition) is 6.